The zero-order valence-electron chi connectivity index (χ0n) is 34.6. The van der Waals surface area contributed by atoms with E-state index >= 15 is 0 Å². The summed E-state index contributed by atoms with van der Waals surface area (Å²) in [5, 5.41) is 8.52. The molecule has 0 bridgehead atoms. The number of hydrogen-bond acceptors (Lipinski definition) is 4. The molecular formula is C55H52O4Pd2. The van der Waals surface area contributed by atoms with E-state index < -0.39 is 5.60 Å². The van der Waals surface area contributed by atoms with Crippen LogP contribution in [-0.4, -0.2) is 28.1 Å². The fraction of sp³-hybridized carbons (Fsp3) is 0.0727. The van der Waals surface area contributed by atoms with Crippen LogP contribution in [0.2, 0.25) is 0 Å². The number of allylic oxidation sites excluding steroid dienone is 6. The van der Waals surface area contributed by atoms with E-state index in [4.69, 9.17) is 5.11 Å². The molecule has 0 aromatic heterocycles. The van der Waals surface area contributed by atoms with Gasteiger partial charge in [0.2, 0.25) is 0 Å². The molecule has 0 radical (unpaired) electrons. The molecule has 0 unspecified atom stereocenters. The molecule has 0 aliphatic rings. The molecule has 0 saturated carbocycles. The quantitative estimate of drug-likeness (QED) is 0.0979. The average molecular weight is 990 g/mol. The molecule has 0 atom stereocenters. The summed E-state index contributed by atoms with van der Waals surface area (Å²) in [7, 11) is 0. The van der Waals surface area contributed by atoms with E-state index in [9.17, 15) is 14.4 Å². The van der Waals surface area contributed by atoms with E-state index in [0.29, 0.717) is 0 Å². The summed E-state index contributed by atoms with van der Waals surface area (Å²) < 4.78 is 0. The molecular weight excluding hydrogens is 937 g/mol. The molecule has 0 aliphatic carbocycles. The van der Waals surface area contributed by atoms with E-state index in [2.05, 4.69) is 0 Å². The van der Waals surface area contributed by atoms with Crippen molar-refractivity contribution < 1.29 is 60.3 Å². The van der Waals surface area contributed by atoms with E-state index in [-0.39, 0.29) is 58.2 Å². The second-order valence-electron chi connectivity index (χ2n) is 13.8. The molecule has 6 aromatic carbocycles. The molecule has 1 N–H and O–H groups in total. The fourth-order valence-corrected chi connectivity index (χ4v) is 4.62. The summed E-state index contributed by atoms with van der Waals surface area (Å²) in [5.41, 5.74) is 5.66. The van der Waals surface area contributed by atoms with Crippen LogP contribution in [0.25, 0.3) is 36.5 Å². The van der Waals surface area contributed by atoms with Gasteiger partial charge in [0.05, 0.1) is 5.60 Å². The number of ketones is 3. The van der Waals surface area contributed by atoms with Crippen molar-refractivity contribution in [3.63, 3.8) is 0 Å². The zero-order chi connectivity index (χ0) is 42.4. The van der Waals surface area contributed by atoms with Gasteiger partial charge in [-0.1, -0.05) is 218 Å². The smallest absolute Gasteiger partial charge is 0.178 e. The monoisotopic (exact) mass is 988 g/mol. The Labute approximate surface area is 389 Å². The van der Waals surface area contributed by atoms with Gasteiger partial charge >= 0.3 is 0 Å². The van der Waals surface area contributed by atoms with Gasteiger partial charge < -0.3 is 5.11 Å². The van der Waals surface area contributed by atoms with Gasteiger partial charge in [-0.2, -0.15) is 0 Å². The number of rotatable bonds is 12. The van der Waals surface area contributed by atoms with E-state index in [0.717, 1.165) is 33.4 Å². The summed E-state index contributed by atoms with van der Waals surface area (Å²) in [6, 6.07) is 58.7. The number of benzene rings is 6. The van der Waals surface area contributed by atoms with Crippen LogP contribution < -0.4 is 0 Å². The summed E-state index contributed by atoms with van der Waals surface area (Å²) >= 11 is 0. The van der Waals surface area contributed by atoms with Crippen LogP contribution in [0.1, 0.15) is 54.2 Å². The van der Waals surface area contributed by atoms with Gasteiger partial charge in [-0.15, -0.1) is 0 Å². The predicted molar refractivity (Wildman–Crippen MR) is 250 cm³/mol. The maximum atomic E-state index is 11.6. The zero-order valence-corrected chi connectivity index (χ0v) is 37.7. The molecule has 0 fully saturated rings. The van der Waals surface area contributed by atoms with Crippen LogP contribution in [0, 0.1) is 0 Å². The van der Waals surface area contributed by atoms with Gasteiger partial charge in [0.15, 0.2) is 17.3 Å². The minimum atomic E-state index is -0.500. The third-order valence-corrected chi connectivity index (χ3v) is 7.44. The Morgan fingerprint density at radius 1 is 0.311 bits per heavy atom. The molecule has 6 heteroatoms. The van der Waals surface area contributed by atoms with Crippen LogP contribution in [0.3, 0.4) is 0 Å². The maximum absolute atomic E-state index is 11.6. The molecule has 316 valence electrons. The Hall–Kier alpha value is -5.95. The number of hydrogen-bond donors (Lipinski definition) is 1. The van der Waals surface area contributed by atoms with Gasteiger partial charge in [-0.05, 0) is 90.6 Å². The van der Waals surface area contributed by atoms with Gasteiger partial charge in [0, 0.05) is 40.8 Å². The Morgan fingerprint density at radius 2 is 0.426 bits per heavy atom. The predicted octanol–water partition coefficient (Wildman–Crippen LogP) is 12.7. The normalized spacial score (nSPS) is 10.8. The van der Waals surface area contributed by atoms with Crippen LogP contribution in [0.15, 0.2) is 218 Å². The first-order valence-corrected chi connectivity index (χ1v) is 19.3. The number of aliphatic hydroxyl groups is 1. The topological polar surface area (TPSA) is 71.4 Å². The molecule has 0 spiro atoms. The second kappa shape index (κ2) is 31.9. The van der Waals surface area contributed by atoms with Crippen molar-refractivity contribution in [3.05, 3.63) is 252 Å². The van der Waals surface area contributed by atoms with E-state index in [1.807, 2.05) is 218 Å². The van der Waals surface area contributed by atoms with Crippen molar-refractivity contribution in [1.82, 2.24) is 0 Å². The van der Waals surface area contributed by atoms with Crippen molar-refractivity contribution in [2.45, 2.75) is 26.4 Å². The molecule has 0 heterocycles. The van der Waals surface area contributed by atoms with Gasteiger partial charge in [-0.25, -0.2) is 0 Å². The average Bonchev–Trinajstić information content (AvgIpc) is 3.27. The van der Waals surface area contributed by atoms with Gasteiger partial charge in [0.25, 0.3) is 0 Å². The first kappa shape index (κ1) is 53.1. The SMILES string of the molecule is CC(C)(C)O.O=C(/C=C/c1ccccc1)/C=C/c1ccccc1.O=C(/C=C/c1ccccc1)/C=C/c1ccccc1.O=C(/C=C/c1ccccc1)/C=C/c1ccccc1.[Pd].[Pd]. The number of carbonyl (C=O) groups excluding carboxylic acids is 3. The minimum Gasteiger partial charge on any atom is -0.391 e. The van der Waals surface area contributed by atoms with Crippen molar-refractivity contribution in [1.29, 1.82) is 0 Å². The Kier molecular flexibility index (Phi) is 27.8. The Morgan fingerprint density at radius 3 is 0.541 bits per heavy atom. The third kappa shape index (κ3) is 28.2. The van der Waals surface area contributed by atoms with E-state index in [1.165, 1.54) is 0 Å². The summed E-state index contributed by atoms with van der Waals surface area (Å²) in [6.07, 6.45) is 20.4. The first-order chi connectivity index (χ1) is 28.5. The molecule has 0 saturated heterocycles. The van der Waals surface area contributed by atoms with E-state index in [1.54, 1.807) is 57.2 Å². The molecule has 61 heavy (non-hydrogen) atoms. The van der Waals surface area contributed by atoms with Crippen molar-refractivity contribution >= 4 is 53.8 Å². The van der Waals surface area contributed by atoms with Crippen molar-refractivity contribution in [3.8, 4) is 0 Å². The second-order valence-corrected chi connectivity index (χ2v) is 13.8. The summed E-state index contributed by atoms with van der Waals surface area (Å²) in [4.78, 5) is 34.8. The van der Waals surface area contributed by atoms with Crippen LogP contribution >= 0.6 is 0 Å². The summed E-state index contributed by atoms with van der Waals surface area (Å²) in [6.45, 7) is 5.23. The van der Waals surface area contributed by atoms with Gasteiger partial charge in [-0.3, -0.25) is 14.4 Å². The maximum Gasteiger partial charge on any atom is 0.178 e. The van der Waals surface area contributed by atoms with Gasteiger partial charge in [0.1, 0.15) is 0 Å². The largest absolute Gasteiger partial charge is 0.391 e. The van der Waals surface area contributed by atoms with Crippen LogP contribution in [0.4, 0.5) is 0 Å². The molecule has 4 nitrogen and oxygen atoms in total. The number of carbonyl (C=O) groups is 3. The Balaban J connectivity index is 0.000000426. The van der Waals surface area contributed by atoms with Crippen molar-refractivity contribution in [2.75, 3.05) is 0 Å². The first-order valence-electron chi connectivity index (χ1n) is 19.3. The van der Waals surface area contributed by atoms with Crippen LogP contribution in [0.5, 0.6) is 0 Å². The molecule has 0 aliphatic heterocycles. The fourth-order valence-electron chi connectivity index (χ4n) is 4.62. The van der Waals surface area contributed by atoms with Crippen LogP contribution in [-0.2, 0) is 55.2 Å². The molecule has 6 aromatic rings. The molecule has 0 amide bonds. The third-order valence-electron chi connectivity index (χ3n) is 7.44. The summed E-state index contributed by atoms with van der Waals surface area (Å²) in [5.74, 6) is -0.0341. The van der Waals surface area contributed by atoms with Crippen molar-refractivity contribution in [2.24, 2.45) is 0 Å². The standard InChI is InChI=1S/3C17H14O.C4H10O.2Pd/c3*18-17(13-11-15-7-3-1-4-8-15)14-12-16-9-5-2-6-10-16;1-4(2,3)5;;/h3*1-14H;5H,1-3H3;;/b3*13-11+,14-12+;;;. The minimum absolute atomic E-state index is 0. The molecule has 6 rings (SSSR count). The Bertz CT molecular complexity index is 1860.